The molecule has 0 unspecified atom stereocenters. The first-order valence-electron chi connectivity index (χ1n) is 10.1. The number of hydrogen-bond donors (Lipinski definition) is 1. The van der Waals surface area contributed by atoms with Crippen molar-refractivity contribution in [1.82, 2.24) is 14.5 Å². The monoisotopic (exact) mass is 402 g/mol. The number of hydrogen-bond acceptors (Lipinski definition) is 5. The molecule has 0 radical (unpaired) electrons. The largest absolute Gasteiger partial charge is 0.456 e. The van der Waals surface area contributed by atoms with Gasteiger partial charge in [-0.15, -0.1) is 0 Å². The smallest absolute Gasteiger partial charge is 0.344 e. The number of nitrogens with zero attached hydrogens (tertiary/aromatic N) is 3. The summed E-state index contributed by atoms with van der Waals surface area (Å²) in [5, 5.41) is 0. The Bertz CT molecular complexity index is 1250. The Morgan fingerprint density at radius 3 is 2.17 bits per heavy atom. The van der Waals surface area contributed by atoms with Crippen molar-refractivity contribution in [3.8, 4) is 5.69 Å². The molecule has 0 bridgehead atoms. The number of benzene rings is 2. The minimum absolute atomic E-state index is 0.242. The van der Waals surface area contributed by atoms with E-state index in [1.54, 1.807) is 4.57 Å². The summed E-state index contributed by atoms with van der Waals surface area (Å²) in [5.74, 6) is 0.179. The van der Waals surface area contributed by atoms with Gasteiger partial charge in [-0.2, -0.15) is 0 Å². The number of anilines is 1. The highest BCUT2D eigenvalue weighted by molar-refractivity contribution is 6.09. The molecule has 0 amide bonds. The topological polar surface area (TPSA) is 83.0 Å². The molecule has 0 atom stereocenters. The maximum Gasteiger partial charge on any atom is 0.344 e. The number of aromatic nitrogens is 3. The quantitative estimate of drug-likeness (QED) is 0.474. The number of fused-ring (bicyclic) bond motifs is 2. The summed E-state index contributed by atoms with van der Waals surface area (Å²) < 4.78 is 7.40. The number of carbonyl (C=O) groups excluding carboxylic acids is 1. The highest BCUT2D eigenvalue weighted by Gasteiger charge is 2.28. The fourth-order valence-corrected chi connectivity index (χ4v) is 3.46. The van der Waals surface area contributed by atoms with E-state index in [1.807, 2.05) is 57.2 Å². The molecule has 6 nitrogen and oxygen atoms in total. The molecular formula is C24H26N4O2. The van der Waals surface area contributed by atoms with E-state index in [-0.39, 0.29) is 11.4 Å². The van der Waals surface area contributed by atoms with Crippen LogP contribution in [0.2, 0.25) is 0 Å². The molecule has 2 aromatic carbocycles. The van der Waals surface area contributed by atoms with E-state index in [0.29, 0.717) is 22.6 Å². The van der Waals surface area contributed by atoms with Crippen molar-refractivity contribution in [2.75, 3.05) is 5.73 Å². The van der Waals surface area contributed by atoms with Crippen molar-refractivity contribution in [1.29, 1.82) is 0 Å². The van der Waals surface area contributed by atoms with E-state index in [4.69, 9.17) is 20.4 Å². The van der Waals surface area contributed by atoms with Crippen molar-refractivity contribution in [2.24, 2.45) is 0 Å². The fourth-order valence-electron chi connectivity index (χ4n) is 3.46. The predicted molar refractivity (Wildman–Crippen MR) is 120 cm³/mol. The van der Waals surface area contributed by atoms with Crippen molar-refractivity contribution >= 4 is 34.0 Å². The number of ether oxygens (including phenoxy) is 1. The normalized spacial score (nSPS) is 12.1. The zero-order valence-electron chi connectivity index (χ0n) is 17.9. The van der Waals surface area contributed by atoms with Gasteiger partial charge in [0.15, 0.2) is 5.65 Å². The van der Waals surface area contributed by atoms with Crippen molar-refractivity contribution in [3.05, 3.63) is 59.7 Å². The lowest BCUT2D eigenvalue weighted by Crippen LogP contribution is -2.24. The van der Waals surface area contributed by atoms with E-state index < -0.39 is 11.6 Å². The number of rotatable bonds is 3. The van der Waals surface area contributed by atoms with Crippen LogP contribution in [-0.2, 0) is 4.74 Å². The number of carbonyl (C=O) groups is 1. The van der Waals surface area contributed by atoms with Gasteiger partial charge in [-0.3, -0.25) is 4.57 Å². The highest BCUT2D eigenvalue weighted by Crippen LogP contribution is 2.32. The minimum Gasteiger partial charge on any atom is -0.456 e. The Morgan fingerprint density at radius 2 is 1.60 bits per heavy atom. The van der Waals surface area contributed by atoms with Crippen LogP contribution in [0.1, 0.15) is 56.5 Å². The molecule has 154 valence electrons. The maximum atomic E-state index is 13.0. The van der Waals surface area contributed by atoms with Gasteiger partial charge in [-0.05, 0) is 56.5 Å². The van der Waals surface area contributed by atoms with Gasteiger partial charge >= 0.3 is 5.97 Å². The molecule has 6 heteroatoms. The van der Waals surface area contributed by atoms with Crippen LogP contribution in [0, 0.1) is 0 Å². The third-order valence-electron chi connectivity index (χ3n) is 4.92. The van der Waals surface area contributed by atoms with Crippen LogP contribution in [0.5, 0.6) is 0 Å². The van der Waals surface area contributed by atoms with E-state index >= 15 is 0 Å². The third kappa shape index (κ3) is 3.49. The fraction of sp³-hybridized carbons (Fsp3) is 0.292. The lowest BCUT2D eigenvalue weighted by molar-refractivity contribution is 0.00728. The van der Waals surface area contributed by atoms with Crippen LogP contribution >= 0.6 is 0 Å². The highest BCUT2D eigenvalue weighted by atomic mass is 16.6. The maximum absolute atomic E-state index is 13.0. The summed E-state index contributed by atoms with van der Waals surface area (Å²) in [5.41, 5.74) is 10.5. The molecule has 0 spiro atoms. The van der Waals surface area contributed by atoms with Gasteiger partial charge in [0, 0.05) is 5.69 Å². The number of para-hydroxylation sites is 2. The van der Waals surface area contributed by atoms with Crippen molar-refractivity contribution in [2.45, 2.75) is 46.1 Å². The van der Waals surface area contributed by atoms with Gasteiger partial charge < -0.3 is 10.5 Å². The average Bonchev–Trinajstić information content (AvgIpc) is 2.95. The van der Waals surface area contributed by atoms with Crippen LogP contribution < -0.4 is 5.73 Å². The van der Waals surface area contributed by atoms with Crippen LogP contribution in [0.15, 0.2) is 48.5 Å². The lowest BCUT2D eigenvalue weighted by Gasteiger charge is -2.19. The van der Waals surface area contributed by atoms with Gasteiger partial charge in [0.1, 0.15) is 22.5 Å². The van der Waals surface area contributed by atoms with E-state index in [2.05, 4.69) is 26.0 Å². The Morgan fingerprint density at radius 1 is 1.00 bits per heavy atom. The molecule has 2 aromatic heterocycles. The first-order valence-corrected chi connectivity index (χ1v) is 10.1. The molecule has 2 N–H and O–H groups in total. The first kappa shape index (κ1) is 19.9. The van der Waals surface area contributed by atoms with E-state index in [0.717, 1.165) is 11.2 Å². The molecule has 4 rings (SSSR count). The SMILES string of the molecule is CC(C)c1ccc(-n2c(N)c(C(=O)OC(C)(C)C)c3nc4ccccc4nc32)cc1. The minimum atomic E-state index is -0.652. The lowest BCUT2D eigenvalue weighted by atomic mass is 10.0. The molecule has 0 saturated heterocycles. The Balaban J connectivity index is 2.00. The van der Waals surface area contributed by atoms with E-state index in [9.17, 15) is 4.79 Å². The van der Waals surface area contributed by atoms with Gasteiger partial charge in [-0.25, -0.2) is 14.8 Å². The Hall–Kier alpha value is -3.41. The molecule has 0 aliphatic carbocycles. The van der Waals surface area contributed by atoms with Gasteiger partial charge in [0.2, 0.25) is 0 Å². The molecule has 2 heterocycles. The molecule has 30 heavy (non-hydrogen) atoms. The Labute approximate surface area is 175 Å². The molecule has 0 saturated carbocycles. The molecule has 0 fully saturated rings. The second-order valence-electron chi connectivity index (χ2n) is 8.73. The summed E-state index contributed by atoms with van der Waals surface area (Å²) >= 11 is 0. The summed E-state index contributed by atoms with van der Waals surface area (Å²) in [7, 11) is 0. The van der Waals surface area contributed by atoms with Gasteiger partial charge in [0.25, 0.3) is 0 Å². The second-order valence-corrected chi connectivity index (χ2v) is 8.73. The summed E-state index contributed by atoms with van der Waals surface area (Å²) in [6, 6.07) is 15.7. The average molecular weight is 402 g/mol. The standard InChI is InChI=1S/C24H26N4O2/c1-14(2)15-10-12-16(13-11-15)28-21(25)19(23(29)30-24(3,4)5)20-22(28)27-18-9-7-6-8-17(18)26-20/h6-14H,25H2,1-5H3. The third-order valence-corrected chi connectivity index (χ3v) is 4.92. The van der Waals surface area contributed by atoms with Crippen LogP contribution in [0.3, 0.4) is 0 Å². The zero-order chi connectivity index (χ0) is 21.6. The van der Waals surface area contributed by atoms with Crippen LogP contribution in [0.25, 0.3) is 27.9 Å². The van der Waals surface area contributed by atoms with E-state index in [1.165, 1.54) is 5.56 Å². The number of nitrogens with two attached hydrogens (primary N) is 1. The Kier molecular flexibility index (Phi) is 4.73. The van der Waals surface area contributed by atoms with Gasteiger partial charge in [0.05, 0.1) is 11.0 Å². The van der Waals surface area contributed by atoms with Gasteiger partial charge in [-0.1, -0.05) is 38.1 Å². The summed E-state index contributed by atoms with van der Waals surface area (Å²) in [4.78, 5) is 22.5. The van der Waals surface area contributed by atoms with Crippen LogP contribution in [0.4, 0.5) is 5.82 Å². The summed E-state index contributed by atoms with van der Waals surface area (Å²) in [6.45, 7) is 9.77. The van der Waals surface area contributed by atoms with Crippen molar-refractivity contribution in [3.63, 3.8) is 0 Å². The molecule has 0 aliphatic heterocycles. The predicted octanol–water partition coefficient (Wildman–Crippen LogP) is 5.23. The molecule has 0 aliphatic rings. The van der Waals surface area contributed by atoms with Crippen LogP contribution in [-0.4, -0.2) is 26.1 Å². The second kappa shape index (κ2) is 7.13. The molecule has 4 aromatic rings. The number of nitrogen functional groups attached to an aromatic ring is 1. The van der Waals surface area contributed by atoms with Crippen molar-refractivity contribution < 1.29 is 9.53 Å². The first-order chi connectivity index (χ1) is 14.2. The zero-order valence-corrected chi connectivity index (χ0v) is 17.9. The summed E-state index contributed by atoms with van der Waals surface area (Å²) in [6.07, 6.45) is 0. The number of esters is 1. The molecular weight excluding hydrogens is 376 g/mol.